The van der Waals surface area contributed by atoms with Crippen LogP contribution in [0.1, 0.15) is 32.6 Å². The van der Waals surface area contributed by atoms with Gasteiger partial charge in [-0.05, 0) is 31.1 Å². The summed E-state index contributed by atoms with van der Waals surface area (Å²) in [5.41, 5.74) is 0. The van der Waals surface area contributed by atoms with Crippen molar-refractivity contribution in [1.82, 2.24) is 0 Å². The van der Waals surface area contributed by atoms with Crippen molar-refractivity contribution in [2.24, 2.45) is 17.8 Å². The fourth-order valence-electron chi connectivity index (χ4n) is 3.19. The van der Waals surface area contributed by atoms with E-state index in [9.17, 15) is 4.79 Å². The summed E-state index contributed by atoms with van der Waals surface area (Å²) in [6.07, 6.45) is 7.89. The summed E-state index contributed by atoms with van der Waals surface area (Å²) in [7, 11) is 4.96. The molecule has 0 amide bonds. The molecule has 0 saturated heterocycles. The minimum atomic E-state index is -0.152. The Labute approximate surface area is 122 Å². The zero-order valence-electron chi connectivity index (χ0n) is 13.1. The molecule has 1 aliphatic rings. The van der Waals surface area contributed by atoms with Crippen molar-refractivity contribution in [3.63, 3.8) is 0 Å². The van der Waals surface area contributed by atoms with Gasteiger partial charge in [0.15, 0.2) is 0 Å². The molecule has 0 aromatic rings. The molecule has 0 spiro atoms. The lowest BCUT2D eigenvalue weighted by Crippen LogP contribution is -2.26. The minimum Gasteiger partial charge on any atom is -0.469 e. The molecule has 4 nitrogen and oxygen atoms in total. The highest BCUT2D eigenvalue weighted by Gasteiger charge is 2.40. The smallest absolute Gasteiger partial charge is 0.305 e. The van der Waals surface area contributed by atoms with Crippen molar-refractivity contribution >= 4 is 5.97 Å². The Morgan fingerprint density at radius 2 is 1.95 bits per heavy atom. The average molecular weight is 284 g/mol. The Balaban J connectivity index is 2.43. The van der Waals surface area contributed by atoms with Gasteiger partial charge in [0.2, 0.25) is 0 Å². The molecular formula is C16H28O4. The standard InChI is InChI=1S/C16H28O4/c1-12-10-15(19-3)14(11-18-2)13(12)8-6-5-7-9-16(17)20-4/h5-6,12-15H,7-11H2,1-4H3/b6-5-/t12-,13+,14-,15-/m1/s1. The second-order valence-corrected chi connectivity index (χ2v) is 5.59. The molecule has 20 heavy (non-hydrogen) atoms. The summed E-state index contributed by atoms with van der Waals surface area (Å²) in [4.78, 5) is 11.0. The fourth-order valence-corrected chi connectivity index (χ4v) is 3.19. The van der Waals surface area contributed by atoms with Crippen molar-refractivity contribution in [3.8, 4) is 0 Å². The predicted molar refractivity (Wildman–Crippen MR) is 78.4 cm³/mol. The highest BCUT2D eigenvalue weighted by Crippen LogP contribution is 2.41. The summed E-state index contributed by atoms with van der Waals surface area (Å²) >= 11 is 0. The van der Waals surface area contributed by atoms with Crippen molar-refractivity contribution in [1.29, 1.82) is 0 Å². The van der Waals surface area contributed by atoms with E-state index >= 15 is 0 Å². The third kappa shape index (κ3) is 4.91. The Morgan fingerprint density at radius 3 is 2.55 bits per heavy atom. The molecule has 4 atom stereocenters. The van der Waals surface area contributed by atoms with E-state index in [1.807, 2.05) is 0 Å². The van der Waals surface area contributed by atoms with Gasteiger partial charge in [0.05, 0.1) is 19.8 Å². The monoisotopic (exact) mass is 284 g/mol. The van der Waals surface area contributed by atoms with E-state index in [2.05, 4.69) is 23.8 Å². The lowest BCUT2D eigenvalue weighted by atomic mass is 9.87. The van der Waals surface area contributed by atoms with Crippen LogP contribution in [0.25, 0.3) is 0 Å². The molecule has 0 aromatic heterocycles. The maximum atomic E-state index is 11.0. The number of hydrogen-bond acceptors (Lipinski definition) is 4. The van der Waals surface area contributed by atoms with Gasteiger partial charge in [0.1, 0.15) is 0 Å². The second-order valence-electron chi connectivity index (χ2n) is 5.59. The lowest BCUT2D eigenvalue weighted by molar-refractivity contribution is -0.140. The summed E-state index contributed by atoms with van der Waals surface area (Å²) in [6.45, 7) is 3.04. The number of hydrogen-bond donors (Lipinski definition) is 0. The van der Waals surface area contributed by atoms with Crippen LogP contribution in [0.5, 0.6) is 0 Å². The Morgan fingerprint density at radius 1 is 1.20 bits per heavy atom. The molecule has 0 aromatic carbocycles. The van der Waals surface area contributed by atoms with E-state index in [1.165, 1.54) is 7.11 Å². The molecular weight excluding hydrogens is 256 g/mol. The molecule has 0 bridgehead atoms. The van der Waals surface area contributed by atoms with Crippen molar-refractivity contribution in [2.45, 2.75) is 38.7 Å². The largest absolute Gasteiger partial charge is 0.469 e. The molecule has 0 N–H and O–H groups in total. The van der Waals surface area contributed by atoms with Crippen LogP contribution < -0.4 is 0 Å². The summed E-state index contributed by atoms with van der Waals surface area (Å²) < 4.78 is 15.5. The van der Waals surface area contributed by atoms with Gasteiger partial charge in [-0.2, -0.15) is 0 Å². The number of ether oxygens (including phenoxy) is 3. The third-order valence-electron chi connectivity index (χ3n) is 4.34. The number of methoxy groups -OCH3 is 3. The molecule has 116 valence electrons. The van der Waals surface area contributed by atoms with Crippen molar-refractivity contribution in [2.75, 3.05) is 27.9 Å². The zero-order chi connectivity index (χ0) is 15.0. The van der Waals surface area contributed by atoms with Crippen LogP contribution in [-0.4, -0.2) is 40.0 Å². The molecule has 0 heterocycles. The number of allylic oxidation sites excluding steroid dienone is 2. The first-order chi connectivity index (χ1) is 9.63. The molecule has 1 fully saturated rings. The Hall–Kier alpha value is -0.870. The average Bonchev–Trinajstić information content (AvgIpc) is 2.75. The lowest BCUT2D eigenvalue weighted by Gasteiger charge is -2.23. The predicted octanol–water partition coefficient (Wildman–Crippen LogP) is 2.82. The van der Waals surface area contributed by atoms with E-state index in [0.29, 0.717) is 30.3 Å². The van der Waals surface area contributed by atoms with Gasteiger partial charge in [-0.3, -0.25) is 4.79 Å². The maximum Gasteiger partial charge on any atom is 0.305 e. The van der Waals surface area contributed by atoms with Crippen LogP contribution in [-0.2, 0) is 19.0 Å². The van der Waals surface area contributed by atoms with Gasteiger partial charge < -0.3 is 14.2 Å². The van der Waals surface area contributed by atoms with E-state index in [0.717, 1.165) is 25.9 Å². The number of rotatable bonds is 8. The number of carbonyl (C=O) groups excluding carboxylic acids is 1. The number of esters is 1. The van der Waals surface area contributed by atoms with Crippen LogP contribution >= 0.6 is 0 Å². The van der Waals surface area contributed by atoms with E-state index < -0.39 is 0 Å². The van der Waals surface area contributed by atoms with Gasteiger partial charge >= 0.3 is 5.97 Å². The molecule has 1 rings (SSSR count). The second kappa shape index (κ2) is 9.14. The van der Waals surface area contributed by atoms with E-state index in [-0.39, 0.29) is 5.97 Å². The van der Waals surface area contributed by atoms with Gasteiger partial charge in [-0.25, -0.2) is 0 Å². The fraction of sp³-hybridized carbons (Fsp3) is 0.812. The van der Waals surface area contributed by atoms with Crippen LogP contribution in [0.4, 0.5) is 0 Å². The Bertz CT molecular complexity index is 314. The van der Waals surface area contributed by atoms with Crippen LogP contribution in [0.2, 0.25) is 0 Å². The molecule has 1 saturated carbocycles. The maximum absolute atomic E-state index is 11.0. The first-order valence-electron chi connectivity index (χ1n) is 7.37. The van der Waals surface area contributed by atoms with Crippen molar-refractivity contribution in [3.05, 3.63) is 12.2 Å². The van der Waals surface area contributed by atoms with Crippen molar-refractivity contribution < 1.29 is 19.0 Å². The van der Waals surface area contributed by atoms with E-state index in [4.69, 9.17) is 9.47 Å². The van der Waals surface area contributed by atoms with Crippen LogP contribution in [0.15, 0.2) is 12.2 Å². The third-order valence-corrected chi connectivity index (χ3v) is 4.34. The number of carbonyl (C=O) groups is 1. The van der Waals surface area contributed by atoms with Gasteiger partial charge in [-0.1, -0.05) is 19.1 Å². The highest BCUT2D eigenvalue weighted by atomic mass is 16.5. The topological polar surface area (TPSA) is 44.8 Å². The van der Waals surface area contributed by atoms with Gasteiger partial charge in [0.25, 0.3) is 0 Å². The molecule has 4 heteroatoms. The van der Waals surface area contributed by atoms with Gasteiger partial charge in [0, 0.05) is 26.6 Å². The molecule has 1 aliphatic carbocycles. The van der Waals surface area contributed by atoms with E-state index in [1.54, 1.807) is 14.2 Å². The molecule has 0 radical (unpaired) electrons. The zero-order valence-corrected chi connectivity index (χ0v) is 13.1. The first kappa shape index (κ1) is 17.2. The highest BCUT2D eigenvalue weighted by molar-refractivity contribution is 5.69. The first-order valence-corrected chi connectivity index (χ1v) is 7.37. The molecule has 0 unspecified atom stereocenters. The van der Waals surface area contributed by atoms with Crippen LogP contribution in [0.3, 0.4) is 0 Å². The normalized spacial score (nSPS) is 30.0. The quantitative estimate of drug-likeness (QED) is 0.508. The minimum absolute atomic E-state index is 0.152. The summed E-state index contributed by atoms with van der Waals surface area (Å²) in [6, 6.07) is 0. The SMILES string of the molecule is COC[C@@H]1[C@@H](C/C=C\CCC(=O)OC)[C@H](C)C[C@H]1OC. The van der Waals surface area contributed by atoms with Gasteiger partial charge in [-0.15, -0.1) is 0 Å². The van der Waals surface area contributed by atoms with Crippen LogP contribution in [0, 0.1) is 17.8 Å². The Kier molecular flexibility index (Phi) is 7.85. The molecule has 0 aliphatic heterocycles. The summed E-state index contributed by atoms with van der Waals surface area (Å²) in [5, 5.41) is 0. The summed E-state index contributed by atoms with van der Waals surface area (Å²) in [5.74, 6) is 1.55.